The van der Waals surface area contributed by atoms with Gasteiger partial charge in [0.2, 0.25) is 5.71 Å². The first-order chi connectivity index (χ1) is 17.8. The number of benzene rings is 4. The summed E-state index contributed by atoms with van der Waals surface area (Å²) in [6.45, 7) is 0. The third-order valence-electron chi connectivity index (χ3n) is 7.02. The molecule has 4 heterocycles. The van der Waals surface area contributed by atoms with Crippen molar-refractivity contribution in [1.29, 1.82) is 0 Å². The van der Waals surface area contributed by atoms with Gasteiger partial charge in [0.25, 0.3) is 0 Å². The van der Waals surface area contributed by atoms with E-state index in [1.807, 2.05) is 24.4 Å². The predicted octanol–water partition coefficient (Wildman–Crippen LogP) is 8.27. The molecule has 4 heteroatoms. The van der Waals surface area contributed by atoms with Crippen molar-refractivity contribution in [3.63, 3.8) is 0 Å². The summed E-state index contributed by atoms with van der Waals surface area (Å²) in [4.78, 5) is 9.68. The predicted molar refractivity (Wildman–Crippen MR) is 146 cm³/mol. The first kappa shape index (κ1) is 19.4. The summed E-state index contributed by atoms with van der Waals surface area (Å²) in [5.41, 5.74) is 9.97. The van der Waals surface area contributed by atoms with Crippen molar-refractivity contribution >= 4 is 49.5 Å². The van der Waals surface area contributed by atoms with Crippen molar-refractivity contribution in [3.8, 4) is 22.4 Å². The normalized spacial score (nSPS) is 11.9. The molecular weight excluding hydrogens is 442 g/mol. The van der Waals surface area contributed by atoms with Crippen LogP contribution in [0.5, 0.6) is 0 Å². The Bertz CT molecular complexity index is 2120. The van der Waals surface area contributed by atoms with Gasteiger partial charge in [0.15, 0.2) is 5.58 Å². The highest BCUT2D eigenvalue weighted by Gasteiger charge is 2.19. The molecule has 0 amide bonds. The van der Waals surface area contributed by atoms with Crippen LogP contribution in [0.25, 0.3) is 71.9 Å². The molecule has 0 unspecified atom stereocenters. The van der Waals surface area contributed by atoms with Crippen LogP contribution < -0.4 is 0 Å². The van der Waals surface area contributed by atoms with Gasteiger partial charge in [-0.2, -0.15) is 0 Å². The second kappa shape index (κ2) is 7.27. The third kappa shape index (κ3) is 2.70. The number of aromatic nitrogens is 3. The maximum Gasteiger partial charge on any atom is 0.213 e. The summed E-state index contributed by atoms with van der Waals surface area (Å²) in [6.07, 6.45) is 1.83. The monoisotopic (exact) mass is 461 g/mol. The van der Waals surface area contributed by atoms with E-state index < -0.39 is 0 Å². The molecule has 0 atom stereocenters. The molecule has 4 nitrogen and oxygen atoms in total. The fraction of sp³-hybridized carbons (Fsp3) is 0. The summed E-state index contributed by atoms with van der Waals surface area (Å²) in [6, 6.07) is 37.7. The van der Waals surface area contributed by atoms with Crippen LogP contribution in [-0.2, 0) is 0 Å². The van der Waals surface area contributed by atoms with E-state index in [0.717, 1.165) is 66.5 Å². The standard InChI is InChI=1S/C32H19N3O/c1-2-11-26-24(10-1)29(32-35(26)27-12-3-4-13-28(27)36-32)23-8-5-7-22(19-23)25-17-16-21-15-14-20-9-6-18-33-30(20)31(21)34-25/h1-19H. The highest BCUT2D eigenvalue weighted by molar-refractivity contribution is 6.07. The van der Waals surface area contributed by atoms with E-state index >= 15 is 0 Å². The molecular formula is C32H19N3O. The fourth-order valence-corrected chi connectivity index (χ4v) is 5.38. The summed E-state index contributed by atoms with van der Waals surface area (Å²) in [7, 11) is 0. The molecule has 0 bridgehead atoms. The van der Waals surface area contributed by atoms with Crippen molar-refractivity contribution in [1.82, 2.24) is 14.4 Å². The van der Waals surface area contributed by atoms with Crippen molar-refractivity contribution in [2.75, 3.05) is 0 Å². The maximum atomic E-state index is 6.41. The van der Waals surface area contributed by atoms with Crippen molar-refractivity contribution in [2.24, 2.45) is 0 Å². The Labute approximate surface area is 206 Å². The number of rotatable bonds is 2. The minimum absolute atomic E-state index is 0.858. The first-order valence-corrected chi connectivity index (χ1v) is 12.0. The number of fused-ring (bicyclic) bond motifs is 8. The number of pyridine rings is 2. The Morgan fingerprint density at radius 1 is 0.611 bits per heavy atom. The van der Waals surface area contributed by atoms with Crippen LogP contribution in [0.3, 0.4) is 0 Å². The highest BCUT2D eigenvalue weighted by atomic mass is 16.3. The lowest BCUT2D eigenvalue weighted by Crippen LogP contribution is -1.89. The van der Waals surface area contributed by atoms with Gasteiger partial charge in [0, 0.05) is 27.9 Å². The number of nitrogens with zero attached hydrogens (tertiary/aromatic N) is 3. The minimum Gasteiger partial charge on any atom is -0.438 e. The molecule has 0 radical (unpaired) electrons. The van der Waals surface area contributed by atoms with Crippen LogP contribution in [0.2, 0.25) is 0 Å². The fourth-order valence-electron chi connectivity index (χ4n) is 5.38. The van der Waals surface area contributed by atoms with Gasteiger partial charge in [-0.1, -0.05) is 72.8 Å². The molecule has 4 aromatic heterocycles. The highest BCUT2D eigenvalue weighted by Crippen LogP contribution is 2.40. The molecule has 8 aromatic rings. The smallest absolute Gasteiger partial charge is 0.213 e. The molecule has 0 aliphatic carbocycles. The lowest BCUT2D eigenvalue weighted by atomic mass is 10.00. The van der Waals surface area contributed by atoms with E-state index in [0.29, 0.717) is 0 Å². The van der Waals surface area contributed by atoms with E-state index in [4.69, 9.17) is 9.40 Å². The summed E-state index contributed by atoms with van der Waals surface area (Å²) < 4.78 is 8.63. The zero-order valence-electron chi connectivity index (χ0n) is 19.2. The van der Waals surface area contributed by atoms with E-state index in [2.05, 4.69) is 100 Å². The summed E-state index contributed by atoms with van der Waals surface area (Å²) in [5, 5.41) is 3.35. The van der Waals surface area contributed by atoms with Crippen molar-refractivity contribution in [2.45, 2.75) is 0 Å². The zero-order valence-corrected chi connectivity index (χ0v) is 19.2. The Morgan fingerprint density at radius 2 is 1.39 bits per heavy atom. The van der Waals surface area contributed by atoms with E-state index in [1.54, 1.807) is 0 Å². The molecule has 0 N–H and O–H groups in total. The van der Waals surface area contributed by atoms with Crippen LogP contribution >= 0.6 is 0 Å². The maximum absolute atomic E-state index is 6.41. The third-order valence-corrected chi connectivity index (χ3v) is 7.02. The first-order valence-electron chi connectivity index (χ1n) is 12.0. The molecule has 8 rings (SSSR count). The molecule has 0 saturated heterocycles. The van der Waals surface area contributed by atoms with Gasteiger partial charge in [0.05, 0.1) is 33.3 Å². The van der Waals surface area contributed by atoms with Crippen LogP contribution in [0.4, 0.5) is 0 Å². The second-order valence-corrected chi connectivity index (χ2v) is 9.09. The number of hydrogen-bond acceptors (Lipinski definition) is 3. The molecule has 168 valence electrons. The minimum atomic E-state index is 0.858. The molecule has 0 spiro atoms. The number of hydrogen-bond donors (Lipinski definition) is 0. The van der Waals surface area contributed by atoms with E-state index in [1.165, 1.54) is 5.39 Å². The van der Waals surface area contributed by atoms with Crippen molar-refractivity contribution in [3.05, 3.63) is 115 Å². The average molecular weight is 462 g/mol. The molecule has 0 aliphatic rings. The topological polar surface area (TPSA) is 43.3 Å². The van der Waals surface area contributed by atoms with E-state index in [-0.39, 0.29) is 0 Å². The van der Waals surface area contributed by atoms with Crippen LogP contribution in [0, 0.1) is 0 Å². The molecule has 36 heavy (non-hydrogen) atoms. The Morgan fingerprint density at radius 3 is 2.33 bits per heavy atom. The quantitative estimate of drug-likeness (QED) is 0.243. The summed E-state index contributed by atoms with van der Waals surface area (Å²) >= 11 is 0. The van der Waals surface area contributed by atoms with Gasteiger partial charge in [-0.05, 0) is 42.0 Å². The SMILES string of the molecule is c1cc(-c2ccc3ccc4cccnc4c3n2)cc(-c2c3ccccc3n3c2oc2ccccc23)c1. The average Bonchev–Trinajstić information content (AvgIpc) is 3.47. The van der Waals surface area contributed by atoms with Gasteiger partial charge in [0.1, 0.15) is 0 Å². The van der Waals surface area contributed by atoms with Gasteiger partial charge < -0.3 is 4.42 Å². The van der Waals surface area contributed by atoms with E-state index in [9.17, 15) is 0 Å². The number of para-hydroxylation sites is 3. The van der Waals surface area contributed by atoms with Crippen LogP contribution in [0.1, 0.15) is 0 Å². The largest absolute Gasteiger partial charge is 0.438 e. The second-order valence-electron chi connectivity index (χ2n) is 9.09. The Kier molecular flexibility index (Phi) is 3.91. The van der Waals surface area contributed by atoms with Gasteiger partial charge in [-0.3, -0.25) is 9.38 Å². The lowest BCUT2D eigenvalue weighted by molar-refractivity contribution is 0.658. The van der Waals surface area contributed by atoms with Gasteiger partial charge in [-0.15, -0.1) is 0 Å². The molecule has 0 saturated carbocycles. The molecule has 4 aromatic carbocycles. The molecule has 0 aliphatic heterocycles. The van der Waals surface area contributed by atoms with Crippen molar-refractivity contribution < 1.29 is 4.42 Å². The molecule has 0 fully saturated rings. The lowest BCUT2D eigenvalue weighted by Gasteiger charge is -2.08. The number of oxazole rings is 1. The Balaban J connectivity index is 1.38. The van der Waals surface area contributed by atoms with Gasteiger partial charge >= 0.3 is 0 Å². The summed E-state index contributed by atoms with van der Waals surface area (Å²) in [5.74, 6) is 0. The van der Waals surface area contributed by atoms with Crippen LogP contribution in [0.15, 0.2) is 120 Å². The van der Waals surface area contributed by atoms with Gasteiger partial charge in [-0.25, -0.2) is 4.98 Å². The van der Waals surface area contributed by atoms with Crippen LogP contribution in [-0.4, -0.2) is 14.4 Å². The zero-order chi connectivity index (χ0) is 23.6. The Hall–Kier alpha value is -4.96.